The van der Waals surface area contributed by atoms with Gasteiger partial charge in [0, 0.05) is 19.3 Å². The maximum atomic E-state index is 12.8. The number of esters is 3. The normalized spacial score (nSPS) is 13.2. The van der Waals surface area contributed by atoms with Gasteiger partial charge in [-0.15, -0.1) is 0 Å². The maximum Gasteiger partial charge on any atom is 0.306 e. The van der Waals surface area contributed by atoms with Crippen LogP contribution < -0.4 is 0 Å². The van der Waals surface area contributed by atoms with Crippen LogP contribution in [-0.4, -0.2) is 37.2 Å². The number of rotatable bonds is 43. The lowest BCUT2D eigenvalue weighted by atomic mass is 10.1. The van der Waals surface area contributed by atoms with Crippen molar-refractivity contribution in [2.75, 3.05) is 13.2 Å². The zero-order valence-electron chi connectivity index (χ0n) is 40.7. The van der Waals surface area contributed by atoms with Crippen LogP contribution in [-0.2, 0) is 28.6 Å². The molecular weight excluding hydrogens is 793 g/mol. The molecule has 0 aromatic rings. The molecule has 0 amide bonds. The number of allylic oxidation sites excluding steroid dienone is 22. The van der Waals surface area contributed by atoms with Crippen LogP contribution in [0.5, 0.6) is 0 Å². The smallest absolute Gasteiger partial charge is 0.306 e. The first kappa shape index (κ1) is 59.5. The minimum Gasteiger partial charge on any atom is -0.462 e. The van der Waals surface area contributed by atoms with E-state index in [0.717, 1.165) is 83.5 Å². The standard InChI is InChI=1S/C58H90O6/c1-4-7-10-13-16-19-22-25-27-28-29-31-33-36-39-42-45-48-51-57(60)63-54-55(53-62-56(59)50-47-44-41-38-35-32-24-21-18-15-12-9-6-3)64-58(61)52-49-46-43-40-37-34-30-26-23-20-17-14-11-8-5-2/h8,11,14,16-17,19-20,22-23,25-32,34-35,37,41,44,55H,4-7,9-10,12-13,15,18,21,24,33,36,38-40,42-43,45-54H2,1-3H3/b11-8-,17-14-,19-16-,23-20-,25-22-,28-27-,30-26-,31-29-,35-32-,37-34-,44-41-. The third kappa shape index (κ3) is 48.6. The van der Waals surface area contributed by atoms with E-state index in [9.17, 15) is 14.4 Å². The summed E-state index contributed by atoms with van der Waals surface area (Å²) in [5.41, 5.74) is 0. The van der Waals surface area contributed by atoms with Gasteiger partial charge < -0.3 is 14.2 Å². The molecule has 0 saturated heterocycles. The van der Waals surface area contributed by atoms with Crippen molar-refractivity contribution in [3.8, 4) is 0 Å². The van der Waals surface area contributed by atoms with Crippen molar-refractivity contribution in [3.63, 3.8) is 0 Å². The summed E-state index contributed by atoms with van der Waals surface area (Å²) >= 11 is 0. The van der Waals surface area contributed by atoms with Crippen molar-refractivity contribution < 1.29 is 28.6 Å². The number of carbonyl (C=O) groups is 3. The summed E-state index contributed by atoms with van der Waals surface area (Å²) in [6.45, 7) is 6.31. The van der Waals surface area contributed by atoms with E-state index >= 15 is 0 Å². The van der Waals surface area contributed by atoms with Gasteiger partial charge in [-0.25, -0.2) is 0 Å². The Bertz CT molecular complexity index is 1430. The van der Waals surface area contributed by atoms with E-state index in [1.165, 1.54) is 57.8 Å². The molecule has 0 saturated carbocycles. The molecule has 0 aliphatic rings. The van der Waals surface area contributed by atoms with Gasteiger partial charge in [0.05, 0.1) is 0 Å². The molecule has 0 heterocycles. The summed E-state index contributed by atoms with van der Waals surface area (Å²) in [6, 6.07) is 0. The largest absolute Gasteiger partial charge is 0.462 e. The van der Waals surface area contributed by atoms with Crippen molar-refractivity contribution in [1.82, 2.24) is 0 Å². The van der Waals surface area contributed by atoms with Gasteiger partial charge >= 0.3 is 17.9 Å². The van der Waals surface area contributed by atoms with E-state index in [1.807, 2.05) is 54.7 Å². The van der Waals surface area contributed by atoms with E-state index < -0.39 is 6.10 Å². The van der Waals surface area contributed by atoms with Crippen LogP contribution in [0.15, 0.2) is 134 Å². The van der Waals surface area contributed by atoms with Gasteiger partial charge in [0.25, 0.3) is 0 Å². The summed E-state index contributed by atoms with van der Waals surface area (Å²) in [4.78, 5) is 37.9. The first-order valence-corrected chi connectivity index (χ1v) is 25.3. The van der Waals surface area contributed by atoms with E-state index in [2.05, 4.69) is 99.8 Å². The zero-order chi connectivity index (χ0) is 46.5. The molecule has 1 unspecified atom stereocenters. The predicted molar refractivity (Wildman–Crippen MR) is 274 cm³/mol. The first-order chi connectivity index (χ1) is 31.5. The minimum absolute atomic E-state index is 0.130. The lowest BCUT2D eigenvalue weighted by Crippen LogP contribution is -2.30. The van der Waals surface area contributed by atoms with Gasteiger partial charge in [0.1, 0.15) is 13.2 Å². The third-order valence-corrected chi connectivity index (χ3v) is 10.1. The molecular formula is C58H90O6. The predicted octanol–water partition coefficient (Wildman–Crippen LogP) is 16.7. The number of carbonyl (C=O) groups excluding carboxylic acids is 3. The number of hydrogen-bond donors (Lipinski definition) is 0. The molecule has 0 rings (SSSR count). The Labute approximate surface area is 392 Å². The Morgan fingerprint density at radius 3 is 1.22 bits per heavy atom. The Morgan fingerprint density at radius 1 is 0.344 bits per heavy atom. The SMILES string of the molecule is CC\C=C/C=C\C=C/C=C\C=C/CCCCCC(=O)OC(COC(=O)CC/C=C\C/C=C\CCCCCCCC)COC(=O)CCCCCCC\C=C/C=C\C=C/C=C\CCCCC. The molecule has 0 aromatic carbocycles. The van der Waals surface area contributed by atoms with Gasteiger partial charge in [-0.3, -0.25) is 14.4 Å². The molecule has 64 heavy (non-hydrogen) atoms. The van der Waals surface area contributed by atoms with E-state index in [1.54, 1.807) is 0 Å². The highest BCUT2D eigenvalue weighted by atomic mass is 16.6. The first-order valence-electron chi connectivity index (χ1n) is 25.3. The van der Waals surface area contributed by atoms with Gasteiger partial charge in [0.15, 0.2) is 6.10 Å². The quantitative estimate of drug-likeness (QED) is 0.0200. The number of unbranched alkanes of at least 4 members (excludes halogenated alkanes) is 17. The Balaban J connectivity index is 4.60. The zero-order valence-corrected chi connectivity index (χ0v) is 40.7. The van der Waals surface area contributed by atoms with Gasteiger partial charge in [-0.2, -0.15) is 0 Å². The van der Waals surface area contributed by atoms with Crippen molar-refractivity contribution in [2.24, 2.45) is 0 Å². The molecule has 0 bridgehead atoms. The highest BCUT2D eigenvalue weighted by Crippen LogP contribution is 2.12. The Morgan fingerprint density at radius 2 is 0.703 bits per heavy atom. The topological polar surface area (TPSA) is 78.9 Å². The summed E-state index contributed by atoms with van der Waals surface area (Å²) in [7, 11) is 0. The van der Waals surface area contributed by atoms with Crippen LogP contribution in [0.4, 0.5) is 0 Å². The molecule has 6 nitrogen and oxygen atoms in total. The minimum atomic E-state index is -0.837. The van der Waals surface area contributed by atoms with Crippen LogP contribution in [0.25, 0.3) is 0 Å². The lowest BCUT2D eigenvalue weighted by molar-refractivity contribution is -0.166. The number of hydrogen-bond acceptors (Lipinski definition) is 6. The van der Waals surface area contributed by atoms with Gasteiger partial charge in [-0.05, 0) is 83.5 Å². The van der Waals surface area contributed by atoms with Crippen LogP contribution in [0.1, 0.15) is 194 Å². The second-order valence-corrected chi connectivity index (χ2v) is 16.2. The molecule has 0 fully saturated rings. The van der Waals surface area contributed by atoms with Crippen LogP contribution in [0, 0.1) is 0 Å². The Kier molecular flexibility index (Phi) is 47.6. The van der Waals surface area contributed by atoms with Crippen LogP contribution in [0.2, 0.25) is 0 Å². The summed E-state index contributed by atoms with van der Waals surface area (Å²) < 4.78 is 16.7. The molecule has 6 heteroatoms. The van der Waals surface area contributed by atoms with Crippen molar-refractivity contribution >= 4 is 17.9 Å². The molecule has 0 aliphatic carbocycles. The third-order valence-electron chi connectivity index (χ3n) is 10.1. The fraction of sp³-hybridized carbons (Fsp3) is 0.569. The van der Waals surface area contributed by atoms with Crippen molar-refractivity contribution in [3.05, 3.63) is 134 Å². The Hall–Kier alpha value is -4.45. The van der Waals surface area contributed by atoms with Crippen molar-refractivity contribution in [1.29, 1.82) is 0 Å². The monoisotopic (exact) mass is 883 g/mol. The molecule has 358 valence electrons. The van der Waals surface area contributed by atoms with Gasteiger partial charge in [-0.1, -0.05) is 225 Å². The summed E-state index contributed by atoms with van der Waals surface area (Å²) in [5.74, 6) is -1.07. The highest BCUT2D eigenvalue weighted by molar-refractivity contribution is 5.71. The maximum absolute atomic E-state index is 12.8. The fourth-order valence-corrected chi connectivity index (χ4v) is 6.29. The molecule has 0 radical (unpaired) electrons. The van der Waals surface area contributed by atoms with E-state index in [0.29, 0.717) is 19.3 Å². The number of ether oxygens (including phenoxy) is 3. The van der Waals surface area contributed by atoms with Crippen LogP contribution in [0.3, 0.4) is 0 Å². The van der Waals surface area contributed by atoms with E-state index in [4.69, 9.17) is 14.2 Å². The molecule has 0 aromatic heterocycles. The van der Waals surface area contributed by atoms with Crippen LogP contribution >= 0.6 is 0 Å². The second-order valence-electron chi connectivity index (χ2n) is 16.2. The van der Waals surface area contributed by atoms with Gasteiger partial charge in [0.2, 0.25) is 0 Å². The molecule has 0 aliphatic heterocycles. The fourth-order valence-electron chi connectivity index (χ4n) is 6.29. The summed E-state index contributed by atoms with van der Waals surface area (Å²) in [5, 5.41) is 0. The second kappa shape index (κ2) is 51.2. The molecule has 1 atom stereocenters. The average Bonchev–Trinajstić information content (AvgIpc) is 3.29. The molecule has 0 spiro atoms. The van der Waals surface area contributed by atoms with E-state index in [-0.39, 0.29) is 44.0 Å². The summed E-state index contributed by atoms with van der Waals surface area (Å²) in [6.07, 6.45) is 71.5. The van der Waals surface area contributed by atoms with Crippen molar-refractivity contribution in [2.45, 2.75) is 200 Å². The molecule has 0 N–H and O–H groups in total. The lowest BCUT2D eigenvalue weighted by Gasteiger charge is -2.18. The average molecular weight is 883 g/mol. The highest BCUT2D eigenvalue weighted by Gasteiger charge is 2.19.